The number of piperidine rings is 1. The van der Waals surface area contributed by atoms with E-state index in [0.29, 0.717) is 23.9 Å². The minimum absolute atomic E-state index is 0.397. The lowest BCUT2D eigenvalue weighted by Crippen LogP contribution is -2.35. The molecule has 1 aliphatic heterocycles. The van der Waals surface area contributed by atoms with Gasteiger partial charge in [-0.15, -0.1) is 0 Å². The molecule has 32 heavy (non-hydrogen) atoms. The molecule has 0 atom stereocenters. The van der Waals surface area contributed by atoms with Gasteiger partial charge in [0, 0.05) is 32.2 Å². The molecule has 1 heterocycles. The molecule has 1 fully saturated rings. The van der Waals surface area contributed by atoms with Crippen molar-refractivity contribution >= 4 is 11.7 Å². The Morgan fingerprint density at radius 1 is 0.938 bits per heavy atom. The summed E-state index contributed by atoms with van der Waals surface area (Å²) in [6, 6.07) is 27.4. The van der Waals surface area contributed by atoms with Gasteiger partial charge < -0.3 is 10.0 Å². The quantitative estimate of drug-likeness (QED) is 0.540. The van der Waals surface area contributed by atoms with E-state index in [9.17, 15) is 9.90 Å². The van der Waals surface area contributed by atoms with Crippen LogP contribution in [0, 0.1) is 5.92 Å². The van der Waals surface area contributed by atoms with Crippen LogP contribution < -0.4 is 4.90 Å². The molecule has 4 heteroatoms. The molecule has 166 valence electrons. The first-order chi connectivity index (χ1) is 15.5. The highest BCUT2D eigenvalue weighted by Crippen LogP contribution is 2.38. The highest BCUT2D eigenvalue weighted by molar-refractivity contribution is 5.90. The Balaban J connectivity index is 1.48. The van der Waals surface area contributed by atoms with E-state index < -0.39 is 5.97 Å². The van der Waals surface area contributed by atoms with Gasteiger partial charge in [0.15, 0.2) is 0 Å². The molecule has 4 nitrogen and oxygen atoms in total. The van der Waals surface area contributed by atoms with Crippen molar-refractivity contribution in [2.24, 2.45) is 5.92 Å². The summed E-state index contributed by atoms with van der Waals surface area (Å²) in [6.07, 6.45) is 2.21. The zero-order valence-electron chi connectivity index (χ0n) is 18.9. The highest BCUT2D eigenvalue weighted by atomic mass is 16.4. The molecule has 0 bridgehead atoms. The highest BCUT2D eigenvalue weighted by Gasteiger charge is 2.29. The van der Waals surface area contributed by atoms with Crippen molar-refractivity contribution in [3.8, 4) is 0 Å². The summed E-state index contributed by atoms with van der Waals surface area (Å²) in [5, 5.41) is 9.73. The van der Waals surface area contributed by atoms with Crippen LogP contribution in [0.4, 0.5) is 5.69 Å². The second kappa shape index (κ2) is 10.0. The third-order valence-corrected chi connectivity index (χ3v) is 6.66. The lowest BCUT2D eigenvalue weighted by molar-refractivity contribution is 0.0693. The Labute approximate surface area is 191 Å². The number of benzene rings is 3. The molecule has 3 aromatic rings. The van der Waals surface area contributed by atoms with Gasteiger partial charge in [0.2, 0.25) is 0 Å². The smallest absolute Gasteiger partial charge is 0.336 e. The van der Waals surface area contributed by atoms with Crippen molar-refractivity contribution in [2.75, 3.05) is 32.1 Å². The van der Waals surface area contributed by atoms with Crippen molar-refractivity contribution in [1.29, 1.82) is 0 Å². The number of aromatic carboxylic acids is 1. The number of anilines is 1. The second-order valence-corrected chi connectivity index (χ2v) is 8.95. The number of likely N-dealkylation sites (tertiary alicyclic amines) is 1. The van der Waals surface area contributed by atoms with Gasteiger partial charge in [-0.05, 0) is 60.7 Å². The maximum atomic E-state index is 11.9. The topological polar surface area (TPSA) is 43.8 Å². The molecule has 1 aliphatic rings. The monoisotopic (exact) mass is 428 g/mol. The van der Waals surface area contributed by atoms with Crippen LogP contribution in [-0.2, 0) is 6.54 Å². The maximum absolute atomic E-state index is 11.9. The number of carboxylic acid groups (broad SMARTS) is 1. The molecule has 0 aliphatic carbocycles. The van der Waals surface area contributed by atoms with Crippen LogP contribution in [0.15, 0.2) is 78.9 Å². The van der Waals surface area contributed by atoms with Gasteiger partial charge in [-0.3, -0.25) is 4.90 Å². The van der Waals surface area contributed by atoms with Crippen LogP contribution >= 0.6 is 0 Å². The Hall–Kier alpha value is -3.11. The molecule has 0 amide bonds. The van der Waals surface area contributed by atoms with Crippen LogP contribution in [0.2, 0.25) is 0 Å². The van der Waals surface area contributed by atoms with Gasteiger partial charge >= 0.3 is 5.97 Å². The summed E-state index contributed by atoms with van der Waals surface area (Å²) < 4.78 is 0. The maximum Gasteiger partial charge on any atom is 0.336 e. The predicted octanol–water partition coefficient (Wildman–Crippen LogP) is 5.49. The van der Waals surface area contributed by atoms with E-state index in [1.54, 1.807) is 6.07 Å². The molecule has 0 aromatic heterocycles. The summed E-state index contributed by atoms with van der Waals surface area (Å²) in [5.74, 6) is 0.117. The summed E-state index contributed by atoms with van der Waals surface area (Å²) in [7, 11) is 3.86. The summed E-state index contributed by atoms with van der Waals surface area (Å²) in [6.45, 7) is 2.65. The molecule has 4 rings (SSSR count). The minimum atomic E-state index is -0.855. The Kier molecular flexibility index (Phi) is 6.91. The van der Waals surface area contributed by atoms with E-state index in [1.165, 1.54) is 11.1 Å². The fourth-order valence-electron chi connectivity index (χ4n) is 4.92. The van der Waals surface area contributed by atoms with Crippen molar-refractivity contribution in [2.45, 2.75) is 25.3 Å². The van der Waals surface area contributed by atoms with E-state index in [-0.39, 0.29) is 0 Å². The Morgan fingerprint density at radius 3 is 2.00 bits per heavy atom. The van der Waals surface area contributed by atoms with Gasteiger partial charge in [0.1, 0.15) is 0 Å². The molecule has 0 spiro atoms. The van der Waals surface area contributed by atoms with Gasteiger partial charge in [0.25, 0.3) is 0 Å². The van der Waals surface area contributed by atoms with Crippen LogP contribution in [0.3, 0.4) is 0 Å². The fourth-order valence-corrected chi connectivity index (χ4v) is 4.92. The van der Waals surface area contributed by atoms with Crippen LogP contribution in [0.5, 0.6) is 0 Å². The van der Waals surface area contributed by atoms with Crippen molar-refractivity contribution < 1.29 is 9.90 Å². The van der Waals surface area contributed by atoms with E-state index in [0.717, 1.165) is 37.2 Å². The van der Waals surface area contributed by atoms with Crippen molar-refractivity contribution in [3.05, 3.63) is 101 Å². The third-order valence-electron chi connectivity index (χ3n) is 6.66. The van der Waals surface area contributed by atoms with Crippen LogP contribution in [0.25, 0.3) is 0 Å². The normalized spacial score (nSPS) is 15.1. The van der Waals surface area contributed by atoms with E-state index in [2.05, 4.69) is 65.6 Å². The first-order valence-electron chi connectivity index (χ1n) is 11.4. The first-order valence-corrected chi connectivity index (χ1v) is 11.4. The molecule has 3 aromatic carbocycles. The lowest BCUT2D eigenvalue weighted by atomic mass is 9.76. The van der Waals surface area contributed by atoms with E-state index >= 15 is 0 Å². The fraction of sp³-hybridized carbons (Fsp3) is 0.321. The zero-order chi connectivity index (χ0) is 22.5. The molecule has 1 N–H and O–H groups in total. The molecule has 0 saturated carbocycles. The summed E-state index contributed by atoms with van der Waals surface area (Å²) >= 11 is 0. The van der Waals surface area contributed by atoms with Gasteiger partial charge in [-0.25, -0.2) is 4.79 Å². The predicted molar refractivity (Wildman–Crippen MR) is 130 cm³/mol. The molecule has 0 unspecified atom stereocenters. The molecule has 1 saturated heterocycles. The largest absolute Gasteiger partial charge is 0.478 e. The van der Waals surface area contributed by atoms with Gasteiger partial charge in [-0.2, -0.15) is 0 Å². The average Bonchev–Trinajstić information content (AvgIpc) is 2.82. The third kappa shape index (κ3) is 5.03. The molecule has 0 radical (unpaired) electrons. The Morgan fingerprint density at radius 2 is 1.50 bits per heavy atom. The minimum Gasteiger partial charge on any atom is -0.478 e. The second-order valence-electron chi connectivity index (χ2n) is 8.95. The SMILES string of the molecule is CN(C)c1ccc(CN2CCC(C(c3ccccc3)c3ccccc3)CC2)c(C(=O)O)c1. The zero-order valence-corrected chi connectivity index (χ0v) is 18.9. The summed E-state index contributed by atoms with van der Waals surface area (Å²) in [4.78, 5) is 16.2. The van der Waals surface area contributed by atoms with Crippen molar-refractivity contribution in [1.82, 2.24) is 4.90 Å². The van der Waals surface area contributed by atoms with E-state index in [4.69, 9.17) is 0 Å². The standard InChI is InChI=1S/C28H32N2O2/c1-29(2)25-14-13-24(26(19-25)28(31)32)20-30-17-15-23(16-18-30)27(21-9-5-3-6-10-21)22-11-7-4-8-12-22/h3-14,19,23,27H,15-18,20H2,1-2H3,(H,31,32). The number of hydrogen-bond donors (Lipinski definition) is 1. The lowest BCUT2D eigenvalue weighted by Gasteiger charge is -2.37. The van der Waals surface area contributed by atoms with E-state index in [1.807, 2.05) is 31.1 Å². The van der Waals surface area contributed by atoms with Gasteiger partial charge in [-0.1, -0.05) is 66.7 Å². The van der Waals surface area contributed by atoms with Crippen LogP contribution in [-0.4, -0.2) is 43.2 Å². The summed E-state index contributed by atoms with van der Waals surface area (Å²) in [5.41, 5.74) is 4.97. The average molecular weight is 429 g/mol. The number of carboxylic acids is 1. The number of hydrogen-bond acceptors (Lipinski definition) is 3. The molecular weight excluding hydrogens is 396 g/mol. The van der Waals surface area contributed by atoms with Gasteiger partial charge in [0.05, 0.1) is 5.56 Å². The molecular formula is C28H32N2O2. The first kappa shape index (κ1) is 22.1. The van der Waals surface area contributed by atoms with Crippen molar-refractivity contribution in [3.63, 3.8) is 0 Å². The number of carbonyl (C=O) groups is 1. The number of rotatable bonds is 7. The number of nitrogens with zero attached hydrogens (tertiary/aromatic N) is 2. The van der Waals surface area contributed by atoms with Crippen LogP contribution in [0.1, 0.15) is 45.8 Å². The Bertz CT molecular complexity index is 986.